The Labute approximate surface area is 246 Å². The molecule has 0 atom stereocenters. The molecular formula is C31H43F2N7O2. The lowest BCUT2D eigenvalue weighted by atomic mass is 9.56. The molecule has 0 unspecified atom stereocenters. The van der Waals surface area contributed by atoms with E-state index >= 15 is 0 Å². The van der Waals surface area contributed by atoms with Crippen LogP contribution >= 0.6 is 0 Å². The normalized spacial score (nSPS) is 24.7. The number of hydrogen-bond acceptors (Lipinski definition) is 8. The van der Waals surface area contributed by atoms with Gasteiger partial charge in [-0.05, 0) is 76.5 Å². The Hall–Kier alpha value is -2.89. The molecule has 0 spiro atoms. The SMILES string of the molecule is CCN(CC(C)(C)O)C12CCC(CNc3nc(N4CCOCC4)cc(-n4c(C(F)F)nc5ccccc54)n3)(CC1)CC2. The number of morpholine rings is 1. The first kappa shape index (κ1) is 29.2. The number of benzene rings is 1. The number of anilines is 2. The molecule has 4 fully saturated rings. The summed E-state index contributed by atoms with van der Waals surface area (Å²) < 4.78 is 35.4. The molecule has 3 saturated carbocycles. The standard InChI is InChI=1S/C31H43F2N7O2/c1-4-39(21-29(2,3)41)31-12-9-30(10-13-31,11-14-31)20-34-28-36-24(38-15-17-42-18-16-38)19-25(37-28)40-23-8-6-5-7-22(23)35-27(40)26(32)33/h5-8,19,26,41H,4,9-18,20-21H2,1-3H3,(H,34,36,37). The van der Waals surface area contributed by atoms with Gasteiger partial charge >= 0.3 is 0 Å². The van der Waals surface area contributed by atoms with Crippen LogP contribution in [0.4, 0.5) is 20.5 Å². The largest absolute Gasteiger partial charge is 0.389 e. The van der Waals surface area contributed by atoms with Crippen LogP contribution in [-0.4, -0.2) is 86.6 Å². The number of fused-ring (bicyclic) bond motifs is 4. The summed E-state index contributed by atoms with van der Waals surface area (Å²) in [5.74, 6) is 1.20. The zero-order valence-corrected chi connectivity index (χ0v) is 25.0. The molecule has 11 heteroatoms. The number of nitrogens with one attached hydrogen (secondary N) is 1. The van der Waals surface area contributed by atoms with E-state index < -0.39 is 12.0 Å². The molecule has 0 radical (unpaired) electrons. The molecule has 42 heavy (non-hydrogen) atoms. The van der Waals surface area contributed by atoms with Gasteiger partial charge in [-0.3, -0.25) is 9.47 Å². The number of β-amino-alcohol motifs (C(OH)–C–C–N with tert-alkyl or cyclic N) is 1. The third-order valence-corrected chi connectivity index (χ3v) is 9.66. The number of rotatable bonds is 10. The smallest absolute Gasteiger partial charge is 0.296 e. The van der Waals surface area contributed by atoms with E-state index in [4.69, 9.17) is 14.7 Å². The summed E-state index contributed by atoms with van der Waals surface area (Å²) in [7, 11) is 0. The van der Waals surface area contributed by atoms with Gasteiger partial charge in [0, 0.05) is 37.8 Å². The van der Waals surface area contributed by atoms with Crippen molar-refractivity contribution in [3.8, 4) is 5.82 Å². The number of nitrogens with zero attached hydrogens (tertiary/aromatic N) is 6. The molecular weight excluding hydrogens is 540 g/mol. The summed E-state index contributed by atoms with van der Waals surface area (Å²) in [6, 6.07) is 8.95. The first-order chi connectivity index (χ1) is 20.1. The van der Waals surface area contributed by atoms with Crippen molar-refractivity contribution < 1.29 is 18.6 Å². The van der Waals surface area contributed by atoms with Crippen molar-refractivity contribution in [2.45, 2.75) is 76.9 Å². The predicted molar refractivity (Wildman–Crippen MR) is 160 cm³/mol. The molecule has 3 heterocycles. The van der Waals surface area contributed by atoms with Crippen molar-refractivity contribution in [3.05, 3.63) is 36.2 Å². The molecule has 3 aliphatic carbocycles. The minimum Gasteiger partial charge on any atom is -0.389 e. The average molecular weight is 584 g/mol. The van der Waals surface area contributed by atoms with Crippen molar-refractivity contribution in [3.63, 3.8) is 0 Å². The first-order valence-corrected chi connectivity index (χ1v) is 15.3. The lowest BCUT2D eigenvalue weighted by Gasteiger charge is -2.58. The zero-order valence-electron chi connectivity index (χ0n) is 25.0. The van der Waals surface area contributed by atoms with Gasteiger partial charge in [-0.25, -0.2) is 13.8 Å². The summed E-state index contributed by atoms with van der Waals surface area (Å²) in [5.41, 5.74) is 0.677. The Kier molecular flexibility index (Phi) is 7.86. The molecule has 3 aromatic rings. The van der Waals surface area contributed by atoms with Gasteiger partial charge < -0.3 is 20.1 Å². The summed E-state index contributed by atoms with van der Waals surface area (Å²) in [5, 5.41) is 14.1. The number of ether oxygens (including phenoxy) is 1. The molecule has 7 rings (SSSR count). The van der Waals surface area contributed by atoms with E-state index in [2.05, 4.69) is 27.0 Å². The fourth-order valence-corrected chi connectivity index (χ4v) is 7.33. The summed E-state index contributed by atoms with van der Waals surface area (Å²) in [4.78, 5) is 18.5. The first-order valence-electron chi connectivity index (χ1n) is 15.3. The molecule has 4 aliphatic rings. The molecule has 0 amide bonds. The van der Waals surface area contributed by atoms with Crippen LogP contribution in [0.25, 0.3) is 16.9 Å². The Morgan fingerprint density at radius 2 is 1.69 bits per heavy atom. The van der Waals surface area contributed by atoms with Gasteiger partial charge in [0.05, 0.1) is 29.8 Å². The number of likely N-dealkylation sites (N-methyl/N-ethyl adjacent to an activating group) is 1. The summed E-state index contributed by atoms with van der Waals surface area (Å²) in [6.45, 7) is 10.9. The van der Waals surface area contributed by atoms with E-state index in [-0.39, 0.29) is 16.8 Å². The third-order valence-electron chi connectivity index (χ3n) is 9.66. The molecule has 1 aliphatic heterocycles. The maximum atomic E-state index is 14.2. The van der Waals surface area contributed by atoms with Crippen LogP contribution in [0.3, 0.4) is 0 Å². The van der Waals surface area contributed by atoms with Crippen molar-refractivity contribution >= 4 is 22.8 Å². The van der Waals surface area contributed by atoms with Gasteiger partial charge in [-0.1, -0.05) is 19.1 Å². The Morgan fingerprint density at radius 3 is 2.33 bits per heavy atom. The number of aromatic nitrogens is 4. The topological polar surface area (TPSA) is 91.6 Å². The van der Waals surface area contributed by atoms with E-state index in [1.165, 1.54) is 4.57 Å². The molecule has 228 valence electrons. The molecule has 2 N–H and O–H groups in total. The van der Waals surface area contributed by atoms with Crippen LogP contribution < -0.4 is 10.2 Å². The minimum absolute atomic E-state index is 0.143. The average Bonchev–Trinajstić information content (AvgIpc) is 3.40. The van der Waals surface area contributed by atoms with Gasteiger partial charge in [0.15, 0.2) is 5.82 Å². The second kappa shape index (κ2) is 11.3. The van der Waals surface area contributed by atoms with Gasteiger partial charge in [-0.2, -0.15) is 9.97 Å². The molecule has 2 bridgehead atoms. The number of aliphatic hydroxyl groups is 1. The van der Waals surface area contributed by atoms with Crippen LogP contribution in [0, 0.1) is 5.41 Å². The highest BCUT2D eigenvalue weighted by atomic mass is 19.3. The van der Waals surface area contributed by atoms with Crippen LogP contribution in [0.5, 0.6) is 0 Å². The number of para-hydroxylation sites is 2. The van der Waals surface area contributed by atoms with Gasteiger partial charge in [0.1, 0.15) is 11.6 Å². The van der Waals surface area contributed by atoms with Gasteiger partial charge in [0.2, 0.25) is 5.95 Å². The predicted octanol–water partition coefficient (Wildman–Crippen LogP) is 5.19. The van der Waals surface area contributed by atoms with Crippen molar-refractivity contribution in [1.29, 1.82) is 0 Å². The lowest BCUT2D eigenvalue weighted by Crippen LogP contribution is -2.60. The zero-order chi connectivity index (χ0) is 29.5. The van der Waals surface area contributed by atoms with Crippen molar-refractivity contribution in [2.75, 3.05) is 56.2 Å². The Balaban J connectivity index is 1.27. The minimum atomic E-state index is -2.75. The fourth-order valence-electron chi connectivity index (χ4n) is 7.33. The molecule has 2 aromatic heterocycles. The van der Waals surface area contributed by atoms with E-state index in [1.807, 2.05) is 19.9 Å². The Bertz CT molecular complexity index is 1380. The monoisotopic (exact) mass is 583 g/mol. The Morgan fingerprint density at radius 1 is 1.02 bits per heavy atom. The van der Waals surface area contributed by atoms with Gasteiger partial charge in [-0.15, -0.1) is 0 Å². The van der Waals surface area contributed by atoms with Crippen LogP contribution in [0.1, 0.15) is 71.5 Å². The van der Waals surface area contributed by atoms with Crippen molar-refractivity contribution in [1.82, 2.24) is 24.4 Å². The molecule has 9 nitrogen and oxygen atoms in total. The highest BCUT2D eigenvalue weighted by Gasteiger charge is 2.51. The number of halogens is 2. The van der Waals surface area contributed by atoms with E-state index in [9.17, 15) is 13.9 Å². The summed E-state index contributed by atoms with van der Waals surface area (Å²) >= 11 is 0. The van der Waals surface area contributed by atoms with Crippen LogP contribution in [0.15, 0.2) is 30.3 Å². The maximum Gasteiger partial charge on any atom is 0.296 e. The number of imidazole rings is 1. The summed E-state index contributed by atoms with van der Waals surface area (Å²) in [6.07, 6.45) is 3.87. The quantitative estimate of drug-likeness (QED) is 0.337. The van der Waals surface area contributed by atoms with Gasteiger partial charge in [0.25, 0.3) is 6.43 Å². The number of alkyl halides is 2. The second-order valence-electron chi connectivity index (χ2n) is 13.0. The molecule has 1 aromatic carbocycles. The van der Waals surface area contributed by atoms with E-state index in [0.29, 0.717) is 61.5 Å². The van der Waals surface area contributed by atoms with Crippen LogP contribution in [0.2, 0.25) is 0 Å². The fraction of sp³-hybridized carbons (Fsp3) is 0.645. The number of hydrogen-bond donors (Lipinski definition) is 2. The second-order valence-corrected chi connectivity index (χ2v) is 13.0. The lowest BCUT2D eigenvalue weighted by molar-refractivity contribution is -0.0776. The highest BCUT2D eigenvalue weighted by Crippen LogP contribution is 2.54. The molecule has 1 saturated heterocycles. The van der Waals surface area contributed by atoms with Crippen LogP contribution in [-0.2, 0) is 4.74 Å². The maximum absolute atomic E-state index is 14.2. The highest BCUT2D eigenvalue weighted by molar-refractivity contribution is 5.78. The van der Waals surface area contributed by atoms with E-state index in [0.717, 1.165) is 51.6 Å². The van der Waals surface area contributed by atoms with E-state index in [1.54, 1.807) is 24.3 Å². The third kappa shape index (κ3) is 5.70. The van der Waals surface area contributed by atoms with Crippen molar-refractivity contribution in [2.24, 2.45) is 5.41 Å².